The molecule has 1 N–H and O–H groups in total. The molecule has 0 unspecified atom stereocenters. The van der Waals surface area contributed by atoms with Gasteiger partial charge in [0, 0.05) is 32.8 Å². The summed E-state index contributed by atoms with van der Waals surface area (Å²) in [6.45, 7) is 5.57. The van der Waals surface area contributed by atoms with Crippen molar-refractivity contribution in [2.45, 2.75) is 44.5 Å². The maximum absolute atomic E-state index is 12.3. The number of nitrogens with zero attached hydrogens (tertiary/aromatic N) is 4. The predicted octanol–water partition coefficient (Wildman–Crippen LogP) is 2.61. The summed E-state index contributed by atoms with van der Waals surface area (Å²) in [4.78, 5) is 25.4. The molecule has 2 saturated heterocycles. The van der Waals surface area contributed by atoms with Crippen molar-refractivity contribution in [3.63, 3.8) is 0 Å². The zero-order chi connectivity index (χ0) is 24.2. The lowest BCUT2D eigenvalue weighted by molar-refractivity contribution is -0.192. The Labute approximate surface area is 188 Å². The summed E-state index contributed by atoms with van der Waals surface area (Å²) in [5.41, 5.74) is 0.600. The van der Waals surface area contributed by atoms with Crippen molar-refractivity contribution in [2.24, 2.45) is 7.05 Å². The van der Waals surface area contributed by atoms with E-state index >= 15 is 0 Å². The monoisotopic (exact) mass is 472 g/mol. The molecule has 9 nitrogen and oxygen atoms in total. The zero-order valence-electron chi connectivity index (χ0n) is 18.5. The first-order valence-corrected chi connectivity index (χ1v) is 10.5. The molecule has 4 heterocycles. The van der Waals surface area contributed by atoms with Crippen LogP contribution >= 0.6 is 0 Å². The molecule has 0 saturated carbocycles. The van der Waals surface area contributed by atoms with Crippen molar-refractivity contribution in [3.05, 3.63) is 36.0 Å². The van der Waals surface area contributed by atoms with Crippen LogP contribution in [0.25, 0.3) is 0 Å². The molecule has 182 valence electrons. The van der Waals surface area contributed by atoms with E-state index in [0.29, 0.717) is 6.54 Å². The Balaban J connectivity index is 0.000000383. The summed E-state index contributed by atoms with van der Waals surface area (Å²) in [7, 11) is 1.86. The Hall–Kier alpha value is -2.86. The number of furan rings is 1. The third-order valence-corrected chi connectivity index (χ3v) is 5.71. The van der Waals surface area contributed by atoms with Gasteiger partial charge in [-0.25, -0.2) is 4.79 Å². The van der Waals surface area contributed by atoms with Crippen LogP contribution in [0.5, 0.6) is 0 Å². The Bertz CT molecular complexity index is 963. The van der Waals surface area contributed by atoms with E-state index in [1.54, 1.807) is 10.9 Å². The maximum atomic E-state index is 12.3. The number of carboxylic acid groups (broad SMARTS) is 1. The van der Waals surface area contributed by atoms with Gasteiger partial charge in [-0.05, 0) is 25.0 Å². The summed E-state index contributed by atoms with van der Waals surface area (Å²) >= 11 is 0. The minimum absolute atomic E-state index is 0.00809. The third kappa shape index (κ3) is 6.35. The van der Waals surface area contributed by atoms with Gasteiger partial charge in [0.1, 0.15) is 18.1 Å². The summed E-state index contributed by atoms with van der Waals surface area (Å²) in [5.74, 6) is -0.689. The molecule has 33 heavy (non-hydrogen) atoms. The molecular weight excluding hydrogens is 445 g/mol. The molecule has 2 aromatic rings. The number of aliphatic carboxylic acids is 1. The van der Waals surface area contributed by atoms with Crippen LogP contribution in [-0.2, 0) is 34.3 Å². The van der Waals surface area contributed by atoms with E-state index in [1.807, 2.05) is 18.1 Å². The van der Waals surface area contributed by atoms with Crippen LogP contribution in [0.1, 0.15) is 31.3 Å². The number of alkyl halides is 3. The number of anilines is 1. The van der Waals surface area contributed by atoms with Crippen molar-refractivity contribution >= 4 is 17.6 Å². The predicted molar refractivity (Wildman–Crippen MR) is 111 cm³/mol. The molecule has 1 spiro atoms. The lowest BCUT2D eigenvalue weighted by Crippen LogP contribution is -2.58. The van der Waals surface area contributed by atoms with E-state index in [-0.39, 0.29) is 18.1 Å². The standard InChI is InChI=1S/C19H26N4O3.C2HF3O2/c1-3-16-4-5-17(26-16)12-22-8-6-19(7-9-22)14-23(18(24)13-25-19)15-10-20-21(2)11-15;3-2(4,5)1(6)7/h4-5,10-11H,3,6-9,12-14H2,1-2H3;(H,6,7). The van der Waals surface area contributed by atoms with E-state index < -0.39 is 12.1 Å². The van der Waals surface area contributed by atoms with Crippen LogP contribution in [0.3, 0.4) is 0 Å². The maximum Gasteiger partial charge on any atom is 0.490 e. The molecular formula is C21H27F3N4O5. The first-order chi connectivity index (χ1) is 15.5. The number of halogens is 3. The van der Waals surface area contributed by atoms with Crippen molar-refractivity contribution in [1.82, 2.24) is 14.7 Å². The second kappa shape index (κ2) is 9.96. The first kappa shape index (κ1) is 24.8. The molecule has 2 aliphatic heterocycles. The van der Waals surface area contributed by atoms with E-state index in [2.05, 4.69) is 29.1 Å². The second-order valence-electron chi connectivity index (χ2n) is 8.12. The summed E-state index contributed by atoms with van der Waals surface area (Å²) in [6, 6.07) is 4.13. The van der Waals surface area contributed by atoms with Crippen LogP contribution in [0.4, 0.5) is 18.9 Å². The van der Waals surface area contributed by atoms with E-state index in [9.17, 15) is 18.0 Å². The normalized spacial score (nSPS) is 18.8. The fourth-order valence-electron chi connectivity index (χ4n) is 3.84. The van der Waals surface area contributed by atoms with Gasteiger partial charge in [-0.1, -0.05) is 6.92 Å². The third-order valence-electron chi connectivity index (χ3n) is 5.71. The van der Waals surface area contributed by atoms with Gasteiger partial charge in [0.05, 0.1) is 30.6 Å². The summed E-state index contributed by atoms with van der Waals surface area (Å²) in [5, 5.41) is 11.3. The number of aromatic nitrogens is 2. The van der Waals surface area contributed by atoms with Gasteiger partial charge in [0.15, 0.2) is 0 Å². The van der Waals surface area contributed by atoms with Crippen LogP contribution in [-0.4, -0.2) is 69.7 Å². The number of carbonyl (C=O) groups is 2. The van der Waals surface area contributed by atoms with Gasteiger partial charge >= 0.3 is 12.1 Å². The number of piperidine rings is 1. The van der Waals surface area contributed by atoms with Crippen LogP contribution in [0.2, 0.25) is 0 Å². The fourth-order valence-corrected chi connectivity index (χ4v) is 3.84. The fraction of sp³-hybridized carbons (Fsp3) is 0.571. The molecule has 4 rings (SSSR count). The molecule has 0 aromatic carbocycles. The molecule has 0 bridgehead atoms. The van der Waals surface area contributed by atoms with Crippen molar-refractivity contribution < 1.29 is 37.0 Å². The minimum atomic E-state index is -5.08. The van der Waals surface area contributed by atoms with Gasteiger partial charge in [0.25, 0.3) is 5.91 Å². The number of carboxylic acids is 1. The molecule has 0 radical (unpaired) electrons. The van der Waals surface area contributed by atoms with E-state index in [1.165, 1.54) is 0 Å². The highest BCUT2D eigenvalue weighted by Crippen LogP contribution is 2.33. The van der Waals surface area contributed by atoms with Crippen molar-refractivity contribution in [2.75, 3.05) is 31.1 Å². The first-order valence-electron chi connectivity index (χ1n) is 10.5. The smallest absolute Gasteiger partial charge is 0.475 e. The van der Waals surface area contributed by atoms with E-state index in [4.69, 9.17) is 19.1 Å². The number of hydrogen-bond donors (Lipinski definition) is 1. The number of rotatable bonds is 4. The number of ether oxygens (including phenoxy) is 1. The van der Waals surface area contributed by atoms with Crippen LogP contribution in [0.15, 0.2) is 28.9 Å². The second-order valence-corrected chi connectivity index (χ2v) is 8.12. The quantitative estimate of drug-likeness (QED) is 0.730. The summed E-state index contributed by atoms with van der Waals surface area (Å²) < 4.78 is 45.3. The highest BCUT2D eigenvalue weighted by atomic mass is 19.4. The minimum Gasteiger partial charge on any atom is -0.475 e. The van der Waals surface area contributed by atoms with Gasteiger partial charge in [-0.15, -0.1) is 0 Å². The number of likely N-dealkylation sites (tertiary alicyclic amines) is 1. The van der Waals surface area contributed by atoms with E-state index in [0.717, 1.165) is 56.1 Å². The molecule has 12 heteroatoms. The van der Waals surface area contributed by atoms with Crippen LogP contribution in [0, 0.1) is 0 Å². The Morgan fingerprint density at radius 1 is 1.24 bits per heavy atom. The number of aryl methyl sites for hydroxylation is 2. The lowest BCUT2D eigenvalue weighted by Gasteiger charge is -2.46. The highest BCUT2D eigenvalue weighted by molar-refractivity contribution is 5.94. The van der Waals surface area contributed by atoms with Crippen molar-refractivity contribution in [1.29, 1.82) is 0 Å². The Morgan fingerprint density at radius 2 is 1.88 bits per heavy atom. The SMILES string of the molecule is CCc1ccc(CN2CCC3(CC2)CN(c2cnn(C)c2)C(=O)CO3)o1.O=C(O)C(F)(F)F. The molecule has 0 atom stereocenters. The Morgan fingerprint density at radius 3 is 2.39 bits per heavy atom. The number of carbonyl (C=O) groups excluding carboxylic acids is 1. The zero-order valence-corrected chi connectivity index (χ0v) is 18.5. The highest BCUT2D eigenvalue weighted by Gasteiger charge is 2.43. The molecule has 2 aromatic heterocycles. The Kier molecular flexibility index (Phi) is 7.48. The average molecular weight is 472 g/mol. The average Bonchev–Trinajstić information content (AvgIpc) is 3.40. The van der Waals surface area contributed by atoms with Gasteiger partial charge in [-0.3, -0.25) is 14.4 Å². The molecule has 2 aliphatic rings. The number of amides is 1. The largest absolute Gasteiger partial charge is 0.490 e. The topological polar surface area (TPSA) is 101 Å². The molecule has 2 fully saturated rings. The lowest BCUT2D eigenvalue weighted by atomic mass is 9.89. The van der Waals surface area contributed by atoms with Crippen LogP contribution < -0.4 is 4.90 Å². The molecule has 1 amide bonds. The van der Waals surface area contributed by atoms with Gasteiger partial charge in [0.2, 0.25) is 0 Å². The number of hydrogen-bond acceptors (Lipinski definition) is 6. The van der Waals surface area contributed by atoms with Gasteiger partial charge in [-0.2, -0.15) is 18.3 Å². The van der Waals surface area contributed by atoms with Crippen molar-refractivity contribution in [3.8, 4) is 0 Å². The van der Waals surface area contributed by atoms with Gasteiger partial charge < -0.3 is 19.2 Å². The molecule has 0 aliphatic carbocycles. The number of morpholine rings is 1. The summed E-state index contributed by atoms with van der Waals surface area (Å²) in [6.07, 6.45) is 1.30.